The first-order chi connectivity index (χ1) is 9.72. The topological polar surface area (TPSA) is 87.8 Å². The Hall–Kier alpha value is -2.52. The third-order valence-corrected chi connectivity index (χ3v) is 3.63. The van der Waals surface area contributed by atoms with Crippen LogP contribution in [-0.2, 0) is 6.42 Å². The van der Waals surface area contributed by atoms with Gasteiger partial charge in [-0.2, -0.15) is 5.10 Å². The second-order valence-corrected chi connectivity index (χ2v) is 5.34. The number of phenols is 1. The Bertz CT molecular complexity index is 796. The van der Waals surface area contributed by atoms with Crippen LogP contribution in [0.3, 0.4) is 0 Å². The van der Waals surface area contributed by atoms with Gasteiger partial charge in [-0.1, -0.05) is 23.2 Å². The number of benzene rings is 1. The number of fused-ring (bicyclic) bond motifs is 1. The van der Waals surface area contributed by atoms with E-state index in [1.54, 1.807) is 12.3 Å². The van der Waals surface area contributed by atoms with Gasteiger partial charge in [0.25, 0.3) is 0 Å². The van der Waals surface area contributed by atoms with Gasteiger partial charge in [-0.05, 0) is 18.2 Å². The van der Waals surface area contributed by atoms with E-state index in [0.717, 1.165) is 28.8 Å². The van der Waals surface area contributed by atoms with E-state index in [0.29, 0.717) is 10.6 Å². The SMILES string of the molecule is Nc1nc2c(O)cc(C#CCCc3ccn[nH]3)cc2s1. The van der Waals surface area contributed by atoms with Gasteiger partial charge in [-0.15, -0.1) is 0 Å². The van der Waals surface area contributed by atoms with Crippen molar-refractivity contribution in [3.05, 3.63) is 35.7 Å². The van der Waals surface area contributed by atoms with E-state index < -0.39 is 0 Å². The molecule has 3 rings (SSSR count). The molecule has 3 aromatic rings. The van der Waals surface area contributed by atoms with Crippen LogP contribution in [-0.4, -0.2) is 20.3 Å². The van der Waals surface area contributed by atoms with E-state index in [1.165, 1.54) is 11.3 Å². The molecule has 0 aliphatic carbocycles. The highest BCUT2D eigenvalue weighted by Crippen LogP contribution is 2.31. The number of nitrogen functional groups attached to an aromatic ring is 1. The molecule has 0 saturated heterocycles. The largest absolute Gasteiger partial charge is 0.506 e. The number of anilines is 1. The monoisotopic (exact) mass is 284 g/mol. The van der Waals surface area contributed by atoms with Crippen molar-refractivity contribution in [3.63, 3.8) is 0 Å². The fourth-order valence-electron chi connectivity index (χ4n) is 1.89. The minimum atomic E-state index is 0.119. The first kappa shape index (κ1) is 12.5. The molecule has 1 aromatic carbocycles. The lowest BCUT2D eigenvalue weighted by molar-refractivity contribution is 0.480. The van der Waals surface area contributed by atoms with Gasteiger partial charge in [0.05, 0.1) is 4.70 Å². The maximum absolute atomic E-state index is 9.88. The number of hydrogen-bond acceptors (Lipinski definition) is 5. The van der Waals surface area contributed by atoms with E-state index in [-0.39, 0.29) is 5.75 Å². The first-order valence-electron chi connectivity index (χ1n) is 6.08. The number of hydrogen-bond donors (Lipinski definition) is 3. The van der Waals surface area contributed by atoms with Crippen molar-refractivity contribution < 1.29 is 5.11 Å². The van der Waals surface area contributed by atoms with Crippen molar-refractivity contribution in [3.8, 4) is 17.6 Å². The summed E-state index contributed by atoms with van der Waals surface area (Å²) in [5.74, 6) is 6.24. The van der Waals surface area contributed by atoms with Crippen molar-refractivity contribution in [2.75, 3.05) is 5.73 Å². The van der Waals surface area contributed by atoms with Gasteiger partial charge in [-0.25, -0.2) is 4.98 Å². The Balaban J connectivity index is 1.77. The maximum Gasteiger partial charge on any atom is 0.181 e. The summed E-state index contributed by atoms with van der Waals surface area (Å²) in [7, 11) is 0. The predicted octanol–water partition coefficient (Wildman–Crippen LogP) is 2.29. The number of aromatic nitrogens is 3. The molecule has 4 N–H and O–H groups in total. The molecule has 0 bridgehead atoms. The second-order valence-electron chi connectivity index (χ2n) is 4.28. The highest BCUT2D eigenvalue weighted by Gasteiger charge is 2.07. The third-order valence-electron chi connectivity index (χ3n) is 2.80. The van der Waals surface area contributed by atoms with Crippen molar-refractivity contribution in [1.29, 1.82) is 0 Å². The van der Waals surface area contributed by atoms with Crippen LogP contribution < -0.4 is 5.73 Å². The van der Waals surface area contributed by atoms with Crippen LogP contribution in [0.4, 0.5) is 5.13 Å². The molecule has 6 heteroatoms. The molecule has 5 nitrogen and oxygen atoms in total. The molecular formula is C14H12N4OS. The zero-order valence-electron chi connectivity index (χ0n) is 10.6. The minimum Gasteiger partial charge on any atom is -0.506 e. The maximum atomic E-state index is 9.88. The van der Waals surface area contributed by atoms with Crippen LogP contribution in [0.25, 0.3) is 10.2 Å². The van der Waals surface area contributed by atoms with Crippen molar-refractivity contribution >= 4 is 26.7 Å². The second kappa shape index (κ2) is 5.23. The summed E-state index contributed by atoms with van der Waals surface area (Å²) in [6.45, 7) is 0. The Morgan fingerprint density at radius 1 is 1.40 bits per heavy atom. The zero-order valence-corrected chi connectivity index (χ0v) is 11.4. The van der Waals surface area contributed by atoms with Crippen LogP contribution in [0.2, 0.25) is 0 Å². The van der Waals surface area contributed by atoms with Gasteiger partial charge in [0.2, 0.25) is 0 Å². The van der Waals surface area contributed by atoms with E-state index >= 15 is 0 Å². The van der Waals surface area contributed by atoms with Gasteiger partial charge in [0, 0.05) is 30.3 Å². The molecule has 2 aromatic heterocycles. The minimum absolute atomic E-state index is 0.119. The molecule has 0 aliphatic rings. The van der Waals surface area contributed by atoms with Crippen LogP contribution in [0.1, 0.15) is 17.7 Å². The number of nitrogens with one attached hydrogen (secondary N) is 1. The average molecular weight is 284 g/mol. The highest BCUT2D eigenvalue weighted by atomic mass is 32.1. The number of aromatic hydroxyl groups is 1. The lowest BCUT2D eigenvalue weighted by Gasteiger charge is -1.95. The summed E-state index contributed by atoms with van der Waals surface area (Å²) in [6.07, 6.45) is 3.28. The number of nitrogens with zero attached hydrogens (tertiary/aromatic N) is 2. The van der Waals surface area contributed by atoms with Crippen molar-refractivity contribution in [2.45, 2.75) is 12.8 Å². The summed E-state index contributed by atoms with van der Waals surface area (Å²) in [5.41, 5.74) is 8.00. The Labute approximate surface area is 119 Å². The summed E-state index contributed by atoms with van der Waals surface area (Å²) in [5, 5.41) is 17.1. The van der Waals surface area contributed by atoms with Crippen LogP contribution in [0, 0.1) is 11.8 Å². The van der Waals surface area contributed by atoms with Crippen LogP contribution in [0.5, 0.6) is 5.75 Å². The summed E-state index contributed by atoms with van der Waals surface area (Å²) in [4.78, 5) is 4.07. The Morgan fingerprint density at radius 2 is 2.30 bits per heavy atom. The number of H-pyrrole nitrogens is 1. The normalized spacial score (nSPS) is 10.4. The molecule has 100 valence electrons. The summed E-state index contributed by atoms with van der Waals surface area (Å²) in [6, 6.07) is 5.44. The smallest absolute Gasteiger partial charge is 0.181 e. The summed E-state index contributed by atoms with van der Waals surface area (Å²) >= 11 is 1.34. The number of aromatic amines is 1. The predicted molar refractivity (Wildman–Crippen MR) is 79.5 cm³/mol. The molecule has 2 heterocycles. The van der Waals surface area contributed by atoms with Gasteiger partial charge < -0.3 is 10.8 Å². The number of thiazole rings is 1. The summed E-state index contributed by atoms with van der Waals surface area (Å²) < 4.78 is 0.848. The van der Waals surface area contributed by atoms with Gasteiger partial charge in [-0.3, -0.25) is 5.10 Å². The molecule has 0 saturated carbocycles. The van der Waals surface area contributed by atoms with E-state index in [4.69, 9.17) is 5.73 Å². The number of phenolic OH excluding ortho intramolecular Hbond substituents is 1. The van der Waals surface area contributed by atoms with Crippen LogP contribution in [0.15, 0.2) is 24.4 Å². The van der Waals surface area contributed by atoms with Gasteiger partial charge in [0.15, 0.2) is 5.13 Å². The average Bonchev–Trinajstić information content (AvgIpc) is 3.03. The molecule has 0 aliphatic heterocycles. The van der Waals surface area contributed by atoms with Crippen LogP contribution >= 0.6 is 11.3 Å². The van der Waals surface area contributed by atoms with Crippen molar-refractivity contribution in [1.82, 2.24) is 15.2 Å². The van der Waals surface area contributed by atoms with Crippen molar-refractivity contribution in [2.24, 2.45) is 0 Å². The molecule has 0 radical (unpaired) electrons. The molecule has 0 unspecified atom stereocenters. The Kier molecular flexibility index (Phi) is 3.27. The first-order valence-corrected chi connectivity index (χ1v) is 6.90. The molecule has 0 atom stereocenters. The van der Waals surface area contributed by atoms with Gasteiger partial charge >= 0.3 is 0 Å². The standard InChI is InChI=1S/C14H12N4OS/c15-14-17-13-11(19)7-9(8-12(13)20-14)3-1-2-4-10-5-6-16-18-10/h5-8,19H,2,4H2,(H2,15,17)(H,16,18). The fourth-order valence-corrected chi connectivity index (χ4v) is 2.68. The highest BCUT2D eigenvalue weighted by molar-refractivity contribution is 7.22. The lowest BCUT2D eigenvalue weighted by Crippen LogP contribution is -1.83. The lowest BCUT2D eigenvalue weighted by atomic mass is 10.2. The third kappa shape index (κ3) is 2.58. The number of aryl methyl sites for hydroxylation is 1. The zero-order chi connectivity index (χ0) is 13.9. The molecule has 20 heavy (non-hydrogen) atoms. The van der Waals surface area contributed by atoms with E-state index in [9.17, 15) is 5.11 Å². The van der Waals surface area contributed by atoms with Gasteiger partial charge in [0.1, 0.15) is 11.3 Å². The molecule has 0 fully saturated rings. The number of nitrogens with two attached hydrogens (primary N) is 1. The molecule has 0 spiro atoms. The Morgan fingerprint density at radius 3 is 3.10 bits per heavy atom. The number of rotatable bonds is 2. The molecular weight excluding hydrogens is 272 g/mol. The van der Waals surface area contributed by atoms with E-state index in [2.05, 4.69) is 27.0 Å². The molecule has 0 amide bonds. The van der Waals surface area contributed by atoms with E-state index in [1.807, 2.05) is 12.1 Å². The fraction of sp³-hybridized carbons (Fsp3) is 0.143. The quantitative estimate of drug-likeness (QED) is 0.630.